The van der Waals surface area contributed by atoms with Gasteiger partial charge in [0.1, 0.15) is 0 Å². The molecule has 13 heavy (non-hydrogen) atoms. The summed E-state index contributed by atoms with van der Waals surface area (Å²) >= 11 is 0. The van der Waals surface area contributed by atoms with Gasteiger partial charge in [0, 0.05) is 13.1 Å². The molecule has 2 rings (SSSR count). The first-order valence-electron chi connectivity index (χ1n) is 5.59. The first-order chi connectivity index (χ1) is 6.40. The number of hydrogen-bond acceptors (Lipinski definition) is 1. The Bertz CT molecular complexity index is 181. The van der Waals surface area contributed by atoms with E-state index < -0.39 is 0 Å². The van der Waals surface area contributed by atoms with Gasteiger partial charge in [0.25, 0.3) is 0 Å². The van der Waals surface area contributed by atoms with Crippen LogP contribution in [0.2, 0.25) is 0 Å². The number of hydrogen-bond donors (Lipinski definition) is 0. The molecular formula is C11H19NO. The van der Waals surface area contributed by atoms with Crippen molar-refractivity contribution < 1.29 is 4.79 Å². The molecule has 0 aromatic heterocycles. The molecule has 0 aromatic rings. The standard InChI is InChI=1S/C11H19NO/c13-9-12-7-3-6-10-4-1-2-5-11(10)8-12/h9-11H,1-8H2. The lowest BCUT2D eigenvalue weighted by Gasteiger charge is -2.30. The molecule has 0 aromatic carbocycles. The first-order valence-corrected chi connectivity index (χ1v) is 5.59. The SMILES string of the molecule is O=CN1CCCC2CCCCC2C1. The topological polar surface area (TPSA) is 20.3 Å². The van der Waals surface area contributed by atoms with E-state index >= 15 is 0 Å². The van der Waals surface area contributed by atoms with Crippen LogP contribution in [0.15, 0.2) is 0 Å². The van der Waals surface area contributed by atoms with Crippen LogP contribution in [0.1, 0.15) is 38.5 Å². The molecule has 2 nitrogen and oxygen atoms in total. The zero-order valence-electron chi connectivity index (χ0n) is 8.24. The van der Waals surface area contributed by atoms with E-state index in [1.165, 1.54) is 38.5 Å². The van der Waals surface area contributed by atoms with Crippen molar-refractivity contribution >= 4 is 6.41 Å². The highest BCUT2D eigenvalue weighted by Crippen LogP contribution is 2.35. The minimum atomic E-state index is 0.821. The molecule has 0 bridgehead atoms. The maximum Gasteiger partial charge on any atom is 0.209 e. The van der Waals surface area contributed by atoms with Gasteiger partial charge in [-0.25, -0.2) is 0 Å². The van der Waals surface area contributed by atoms with E-state index in [0.29, 0.717) is 0 Å². The molecule has 1 heterocycles. The fourth-order valence-corrected chi connectivity index (χ4v) is 2.95. The number of carbonyl (C=O) groups is 1. The Morgan fingerprint density at radius 3 is 2.46 bits per heavy atom. The summed E-state index contributed by atoms with van der Waals surface area (Å²) in [6, 6.07) is 0. The Morgan fingerprint density at radius 2 is 1.69 bits per heavy atom. The van der Waals surface area contributed by atoms with Gasteiger partial charge in [0.05, 0.1) is 0 Å². The van der Waals surface area contributed by atoms with Crippen molar-refractivity contribution in [3.05, 3.63) is 0 Å². The maximum absolute atomic E-state index is 10.7. The minimum absolute atomic E-state index is 0.821. The number of rotatable bonds is 1. The van der Waals surface area contributed by atoms with Crippen LogP contribution in [-0.2, 0) is 4.79 Å². The average Bonchev–Trinajstić information content (AvgIpc) is 2.38. The Labute approximate surface area is 80.3 Å². The van der Waals surface area contributed by atoms with Crippen molar-refractivity contribution in [2.75, 3.05) is 13.1 Å². The number of likely N-dealkylation sites (tertiary alicyclic amines) is 1. The van der Waals surface area contributed by atoms with Crippen LogP contribution in [0.4, 0.5) is 0 Å². The normalized spacial score (nSPS) is 34.9. The van der Waals surface area contributed by atoms with E-state index in [-0.39, 0.29) is 0 Å². The summed E-state index contributed by atoms with van der Waals surface area (Å²) in [5.41, 5.74) is 0. The molecule has 2 fully saturated rings. The maximum atomic E-state index is 10.7. The van der Waals surface area contributed by atoms with E-state index in [4.69, 9.17) is 0 Å². The molecule has 74 valence electrons. The van der Waals surface area contributed by atoms with E-state index in [1.54, 1.807) is 0 Å². The van der Waals surface area contributed by atoms with Crippen molar-refractivity contribution in [1.29, 1.82) is 0 Å². The molecular weight excluding hydrogens is 162 g/mol. The summed E-state index contributed by atoms with van der Waals surface area (Å²) < 4.78 is 0. The molecule has 1 saturated carbocycles. The van der Waals surface area contributed by atoms with Gasteiger partial charge in [-0.15, -0.1) is 0 Å². The van der Waals surface area contributed by atoms with Gasteiger partial charge in [0.15, 0.2) is 0 Å². The zero-order chi connectivity index (χ0) is 9.10. The van der Waals surface area contributed by atoms with Crippen molar-refractivity contribution in [2.24, 2.45) is 11.8 Å². The van der Waals surface area contributed by atoms with Crippen LogP contribution in [0.3, 0.4) is 0 Å². The van der Waals surface area contributed by atoms with E-state index in [2.05, 4.69) is 0 Å². The molecule has 2 heteroatoms. The Hall–Kier alpha value is -0.530. The predicted octanol–water partition coefficient (Wildman–Crippen LogP) is 2.04. The third-order valence-electron chi connectivity index (χ3n) is 3.70. The van der Waals surface area contributed by atoms with E-state index in [1.807, 2.05) is 4.90 Å². The molecule has 0 radical (unpaired) electrons. The van der Waals surface area contributed by atoms with Gasteiger partial charge >= 0.3 is 0 Å². The van der Waals surface area contributed by atoms with Crippen molar-refractivity contribution in [2.45, 2.75) is 38.5 Å². The van der Waals surface area contributed by atoms with Crippen LogP contribution in [0.25, 0.3) is 0 Å². The summed E-state index contributed by atoms with van der Waals surface area (Å²) in [5, 5.41) is 0. The molecule has 0 N–H and O–H groups in total. The number of amides is 1. The summed E-state index contributed by atoms with van der Waals surface area (Å²) in [7, 11) is 0. The summed E-state index contributed by atoms with van der Waals surface area (Å²) in [5.74, 6) is 1.75. The van der Waals surface area contributed by atoms with Crippen LogP contribution in [0, 0.1) is 11.8 Å². The second kappa shape index (κ2) is 4.12. The summed E-state index contributed by atoms with van der Waals surface area (Å²) in [6.07, 6.45) is 9.19. The minimum Gasteiger partial charge on any atom is -0.345 e. The molecule has 1 aliphatic heterocycles. The highest BCUT2D eigenvalue weighted by atomic mass is 16.1. The van der Waals surface area contributed by atoms with Gasteiger partial charge in [-0.05, 0) is 31.1 Å². The molecule has 2 unspecified atom stereocenters. The smallest absolute Gasteiger partial charge is 0.209 e. The largest absolute Gasteiger partial charge is 0.345 e. The van der Waals surface area contributed by atoms with Crippen LogP contribution in [-0.4, -0.2) is 24.4 Å². The van der Waals surface area contributed by atoms with Crippen LogP contribution >= 0.6 is 0 Å². The molecule has 1 aliphatic carbocycles. The average molecular weight is 181 g/mol. The third kappa shape index (κ3) is 2.04. The van der Waals surface area contributed by atoms with Crippen molar-refractivity contribution in [1.82, 2.24) is 4.90 Å². The Balaban J connectivity index is 1.98. The van der Waals surface area contributed by atoms with Gasteiger partial charge in [-0.1, -0.05) is 19.3 Å². The monoisotopic (exact) mass is 181 g/mol. The highest BCUT2D eigenvalue weighted by Gasteiger charge is 2.28. The van der Waals surface area contributed by atoms with Gasteiger partial charge in [-0.3, -0.25) is 4.79 Å². The van der Waals surface area contributed by atoms with Gasteiger partial charge in [0.2, 0.25) is 6.41 Å². The predicted molar refractivity (Wildman–Crippen MR) is 52.3 cm³/mol. The van der Waals surface area contributed by atoms with E-state index in [0.717, 1.165) is 31.3 Å². The molecule has 2 atom stereocenters. The molecule has 2 aliphatic rings. The van der Waals surface area contributed by atoms with Gasteiger partial charge < -0.3 is 4.90 Å². The summed E-state index contributed by atoms with van der Waals surface area (Å²) in [6.45, 7) is 2.03. The number of carbonyl (C=O) groups excluding carboxylic acids is 1. The highest BCUT2D eigenvalue weighted by molar-refractivity contribution is 5.47. The van der Waals surface area contributed by atoms with Crippen LogP contribution in [0.5, 0.6) is 0 Å². The first kappa shape index (κ1) is 9.04. The second-order valence-corrected chi connectivity index (χ2v) is 4.55. The lowest BCUT2D eigenvalue weighted by molar-refractivity contribution is -0.118. The quantitative estimate of drug-likeness (QED) is 0.567. The van der Waals surface area contributed by atoms with Gasteiger partial charge in [-0.2, -0.15) is 0 Å². The van der Waals surface area contributed by atoms with Crippen LogP contribution < -0.4 is 0 Å². The summed E-state index contributed by atoms with van der Waals surface area (Å²) in [4.78, 5) is 12.7. The molecule has 1 saturated heterocycles. The lowest BCUT2D eigenvalue weighted by Crippen LogP contribution is -2.30. The van der Waals surface area contributed by atoms with E-state index in [9.17, 15) is 4.79 Å². The Kier molecular flexibility index (Phi) is 2.87. The molecule has 0 spiro atoms. The third-order valence-corrected chi connectivity index (χ3v) is 3.70. The lowest BCUT2D eigenvalue weighted by atomic mass is 9.77. The zero-order valence-corrected chi connectivity index (χ0v) is 8.24. The Morgan fingerprint density at radius 1 is 1.00 bits per heavy atom. The number of nitrogens with zero attached hydrogens (tertiary/aromatic N) is 1. The number of fused-ring (bicyclic) bond motifs is 1. The second-order valence-electron chi connectivity index (χ2n) is 4.55. The van der Waals surface area contributed by atoms with Crippen molar-refractivity contribution in [3.63, 3.8) is 0 Å². The fraction of sp³-hybridized carbons (Fsp3) is 0.909. The molecule has 1 amide bonds. The fourth-order valence-electron chi connectivity index (χ4n) is 2.95. The van der Waals surface area contributed by atoms with Crippen molar-refractivity contribution in [3.8, 4) is 0 Å².